The first kappa shape index (κ1) is 13.2. The maximum atomic E-state index is 12.6. The van der Waals surface area contributed by atoms with E-state index in [1.807, 2.05) is 37.8 Å². The Labute approximate surface area is 120 Å². The molecule has 0 N–H and O–H groups in total. The Bertz CT molecular complexity index is 612. The largest absolute Gasteiger partial charge is 0.444 e. The van der Waals surface area contributed by atoms with Crippen LogP contribution >= 0.6 is 0 Å². The molecule has 1 amide bonds. The molecule has 0 saturated heterocycles. The van der Waals surface area contributed by atoms with Crippen LogP contribution in [0.2, 0.25) is 0 Å². The molecule has 3 nitrogen and oxygen atoms in total. The summed E-state index contributed by atoms with van der Waals surface area (Å²) in [5.41, 5.74) is 2.79. The van der Waals surface area contributed by atoms with Crippen molar-refractivity contribution in [3.05, 3.63) is 47.0 Å². The van der Waals surface area contributed by atoms with Gasteiger partial charge in [0.2, 0.25) is 0 Å². The van der Waals surface area contributed by atoms with Gasteiger partial charge >= 0.3 is 6.09 Å². The molecule has 3 rings (SSSR count). The molecule has 0 radical (unpaired) electrons. The highest BCUT2D eigenvalue weighted by Gasteiger charge is 2.54. The van der Waals surface area contributed by atoms with Gasteiger partial charge in [-0.3, -0.25) is 4.90 Å². The molecule has 0 saturated carbocycles. The van der Waals surface area contributed by atoms with Gasteiger partial charge in [0.25, 0.3) is 0 Å². The van der Waals surface area contributed by atoms with E-state index in [4.69, 9.17) is 4.74 Å². The second-order valence-electron chi connectivity index (χ2n) is 6.88. The van der Waals surface area contributed by atoms with Crippen LogP contribution in [0, 0.1) is 0 Å². The zero-order chi connectivity index (χ0) is 14.7. The Kier molecular flexibility index (Phi) is 2.56. The molecule has 20 heavy (non-hydrogen) atoms. The fraction of sp³-hybridized carbons (Fsp3) is 0.471. The van der Waals surface area contributed by atoms with E-state index in [0.29, 0.717) is 0 Å². The van der Waals surface area contributed by atoms with Gasteiger partial charge in [0.15, 0.2) is 0 Å². The van der Waals surface area contributed by atoms with Crippen molar-refractivity contribution in [2.45, 2.75) is 51.8 Å². The van der Waals surface area contributed by atoms with Gasteiger partial charge in [-0.2, -0.15) is 0 Å². The van der Waals surface area contributed by atoms with Crippen molar-refractivity contribution in [2.24, 2.45) is 0 Å². The molecule has 0 aromatic heterocycles. The molecule has 1 aromatic rings. The zero-order valence-electron chi connectivity index (χ0n) is 12.7. The van der Waals surface area contributed by atoms with Gasteiger partial charge < -0.3 is 4.74 Å². The summed E-state index contributed by atoms with van der Waals surface area (Å²) in [4.78, 5) is 14.5. The maximum Gasteiger partial charge on any atom is 0.412 e. The Morgan fingerprint density at radius 2 is 1.95 bits per heavy atom. The van der Waals surface area contributed by atoms with Crippen LogP contribution in [0.1, 0.15) is 51.8 Å². The highest BCUT2D eigenvalue weighted by molar-refractivity contribution is 5.76. The summed E-state index contributed by atoms with van der Waals surface area (Å²) < 4.78 is 5.60. The van der Waals surface area contributed by atoms with Crippen LogP contribution in [0.3, 0.4) is 0 Å². The molecular formula is C17H21NO2. The quantitative estimate of drug-likeness (QED) is 0.663. The second-order valence-corrected chi connectivity index (χ2v) is 6.88. The fourth-order valence-electron chi connectivity index (χ4n) is 3.46. The molecule has 1 aromatic carbocycles. The number of ether oxygens (including phenoxy) is 1. The number of nitrogens with zero attached hydrogens (tertiary/aromatic N) is 1. The van der Waals surface area contributed by atoms with Crippen molar-refractivity contribution in [2.75, 3.05) is 0 Å². The van der Waals surface area contributed by atoms with Gasteiger partial charge in [-0.25, -0.2) is 4.79 Å². The van der Waals surface area contributed by atoms with Crippen LogP contribution in [0.15, 0.2) is 35.9 Å². The van der Waals surface area contributed by atoms with Crippen LogP contribution in [0.4, 0.5) is 4.79 Å². The average Bonchev–Trinajstić information content (AvgIpc) is 2.72. The van der Waals surface area contributed by atoms with Gasteiger partial charge in [0.1, 0.15) is 5.60 Å². The topological polar surface area (TPSA) is 29.5 Å². The fourth-order valence-corrected chi connectivity index (χ4v) is 3.46. The first-order valence-electron chi connectivity index (χ1n) is 7.05. The van der Waals surface area contributed by atoms with E-state index in [-0.39, 0.29) is 17.7 Å². The number of carbonyl (C=O) groups excluding carboxylic acids is 1. The number of benzene rings is 1. The number of fused-ring (bicyclic) bond motifs is 5. The lowest BCUT2D eigenvalue weighted by Gasteiger charge is -2.33. The van der Waals surface area contributed by atoms with Gasteiger partial charge in [0.05, 0.1) is 11.6 Å². The van der Waals surface area contributed by atoms with Crippen molar-refractivity contribution >= 4 is 6.09 Å². The predicted octanol–water partition coefficient (Wildman–Crippen LogP) is 4.15. The molecule has 2 atom stereocenters. The van der Waals surface area contributed by atoms with Crippen LogP contribution in [0.25, 0.3) is 0 Å². The van der Waals surface area contributed by atoms with Crippen molar-refractivity contribution in [3.63, 3.8) is 0 Å². The van der Waals surface area contributed by atoms with Crippen LogP contribution in [-0.2, 0) is 10.3 Å². The average molecular weight is 271 g/mol. The molecule has 2 aliphatic rings. The van der Waals surface area contributed by atoms with Crippen molar-refractivity contribution in [3.8, 4) is 0 Å². The Morgan fingerprint density at radius 3 is 2.60 bits per heavy atom. The number of hydrogen-bond acceptors (Lipinski definition) is 2. The molecule has 106 valence electrons. The van der Waals surface area contributed by atoms with Crippen LogP contribution in [0.5, 0.6) is 0 Å². The molecule has 0 fully saturated rings. The Balaban J connectivity index is 2.03. The molecule has 2 aliphatic heterocycles. The van der Waals surface area contributed by atoms with E-state index < -0.39 is 5.60 Å². The lowest BCUT2D eigenvalue weighted by molar-refractivity contribution is 0.00835. The maximum absolute atomic E-state index is 12.6. The summed E-state index contributed by atoms with van der Waals surface area (Å²) in [5.74, 6) is 0. The summed E-state index contributed by atoms with van der Waals surface area (Å²) >= 11 is 0. The molecule has 2 unspecified atom stereocenters. The van der Waals surface area contributed by atoms with E-state index in [1.54, 1.807) is 0 Å². The minimum atomic E-state index is -0.477. The lowest BCUT2D eigenvalue weighted by atomic mass is 9.85. The third-order valence-corrected chi connectivity index (χ3v) is 4.09. The van der Waals surface area contributed by atoms with Crippen molar-refractivity contribution < 1.29 is 9.53 Å². The number of amides is 1. The van der Waals surface area contributed by atoms with E-state index in [1.165, 1.54) is 16.7 Å². The summed E-state index contributed by atoms with van der Waals surface area (Å²) in [6, 6.07) is 8.30. The number of rotatable bonds is 0. The Hall–Kier alpha value is -1.77. The number of carbonyl (C=O) groups is 1. The monoisotopic (exact) mass is 271 g/mol. The van der Waals surface area contributed by atoms with Crippen molar-refractivity contribution in [1.29, 1.82) is 0 Å². The number of hydrogen-bond donors (Lipinski definition) is 0. The summed E-state index contributed by atoms with van der Waals surface area (Å²) in [6.07, 6.45) is 1.94. The predicted molar refractivity (Wildman–Crippen MR) is 78.4 cm³/mol. The van der Waals surface area contributed by atoms with E-state index >= 15 is 0 Å². The molecule has 2 bridgehead atoms. The first-order chi connectivity index (χ1) is 9.24. The van der Waals surface area contributed by atoms with E-state index in [9.17, 15) is 4.79 Å². The first-order valence-corrected chi connectivity index (χ1v) is 7.05. The highest BCUT2D eigenvalue weighted by atomic mass is 16.6. The summed E-state index contributed by atoms with van der Waals surface area (Å²) in [5, 5.41) is 0. The normalized spacial score (nSPS) is 27.4. The summed E-state index contributed by atoms with van der Waals surface area (Å²) in [6.45, 7) is 9.88. The van der Waals surface area contributed by atoms with Crippen LogP contribution < -0.4 is 0 Å². The minimum absolute atomic E-state index is 0.0195. The van der Waals surface area contributed by atoms with Crippen molar-refractivity contribution in [1.82, 2.24) is 4.90 Å². The standard InChI is InChI=1S/C17H21NO2/c1-11-10-17(5)13-9-7-6-8-12(13)14(11)18(17)15(19)20-16(2,3)4/h6-10,14H,1-5H3. The highest BCUT2D eigenvalue weighted by Crippen LogP contribution is 2.55. The van der Waals surface area contributed by atoms with Gasteiger partial charge in [-0.05, 0) is 51.3 Å². The zero-order valence-corrected chi connectivity index (χ0v) is 12.7. The third-order valence-electron chi connectivity index (χ3n) is 4.09. The van der Waals surface area contributed by atoms with Gasteiger partial charge in [-0.15, -0.1) is 0 Å². The molecule has 0 spiro atoms. The second kappa shape index (κ2) is 3.87. The Morgan fingerprint density at radius 1 is 1.30 bits per heavy atom. The van der Waals surface area contributed by atoms with Gasteiger partial charge in [0, 0.05) is 0 Å². The lowest BCUT2D eigenvalue weighted by Crippen LogP contribution is -2.42. The molecular weight excluding hydrogens is 250 g/mol. The van der Waals surface area contributed by atoms with Gasteiger partial charge in [-0.1, -0.05) is 30.3 Å². The molecule has 2 heterocycles. The SMILES string of the molecule is CC1=CC2(C)c3ccccc3C1N2C(=O)OC(C)(C)C. The van der Waals surface area contributed by atoms with E-state index in [0.717, 1.165) is 0 Å². The third kappa shape index (κ3) is 1.69. The van der Waals surface area contributed by atoms with Crippen LogP contribution in [-0.4, -0.2) is 16.6 Å². The smallest absolute Gasteiger partial charge is 0.412 e. The minimum Gasteiger partial charge on any atom is -0.444 e. The summed E-state index contributed by atoms with van der Waals surface area (Å²) in [7, 11) is 0. The molecule has 0 aliphatic carbocycles. The molecule has 3 heteroatoms. The van der Waals surface area contributed by atoms with E-state index in [2.05, 4.69) is 32.1 Å².